The molecule has 0 aromatic heterocycles. The first-order valence-corrected chi connectivity index (χ1v) is 12.2. The van der Waals surface area contributed by atoms with Crippen LogP contribution in [0.25, 0.3) is 0 Å². The van der Waals surface area contributed by atoms with Crippen molar-refractivity contribution in [2.75, 3.05) is 6.54 Å². The monoisotopic (exact) mass is 433 g/mol. The second-order valence-electron chi connectivity index (χ2n) is 8.42. The fourth-order valence-corrected chi connectivity index (χ4v) is 3.60. The highest BCUT2D eigenvalue weighted by atomic mass is 16.3. The molecule has 0 aliphatic heterocycles. The minimum absolute atomic E-state index is 0.0323. The molecule has 176 valence electrons. The van der Waals surface area contributed by atoms with Gasteiger partial charge in [-0.25, -0.2) is 0 Å². The fraction of sp³-hybridized carbons (Fsp3) is 0.654. The Labute approximate surface area is 188 Å². The number of carbonyl (C=O) groups is 1. The predicted molar refractivity (Wildman–Crippen MR) is 128 cm³/mol. The van der Waals surface area contributed by atoms with E-state index in [-0.39, 0.29) is 17.4 Å². The summed E-state index contributed by atoms with van der Waals surface area (Å²) in [4.78, 5) is 11.9. The minimum Gasteiger partial charge on any atom is -0.504 e. The molecule has 0 aliphatic carbocycles. The second kappa shape index (κ2) is 17.5. The highest BCUT2D eigenvalue weighted by molar-refractivity contribution is 5.75. The average molecular weight is 434 g/mol. The van der Waals surface area contributed by atoms with Gasteiger partial charge in [0, 0.05) is 13.0 Å². The third-order valence-electron chi connectivity index (χ3n) is 5.53. The predicted octanol–water partition coefficient (Wildman–Crippen LogP) is 6.50. The van der Waals surface area contributed by atoms with Crippen LogP contribution >= 0.6 is 0 Å². The number of hydrogen-bond acceptors (Lipinski definition) is 4. The first kappa shape index (κ1) is 26.9. The maximum atomic E-state index is 11.9. The molecule has 1 rings (SSSR count). The highest BCUT2D eigenvalue weighted by Gasteiger charge is 2.08. The summed E-state index contributed by atoms with van der Waals surface area (Å²) in [6.07, 6.45) is 21.8. The molecule has 4 N–H and O–H groups in total. The molecule has 31 heavy (non-hydrogen) atoms. The van der Waals surface area contributed by atoms with Crippen LogP contribution in [-0.4, -0.2) is 27.8 Å². The van der Waals surface area contributed by atoms with Crippen LogP contribution in [0, 0.1) is 0 Å². The Morgan fingerprint density at radius 3 is 1.90 bits per heavy atom. The van der Waals surface area contributed by atoms with Crippen LogP contribution in [0.4, 0.5) is 0 Å². The molecule has 0 spiro atoms. The normalized spacial score (nSPS) is 11.3. The van der Waals surface area contributed by atoms with Gasteiger partial charge in [0.15, 0.2) is 17.2 Å². The molecule has 5 heteroatoms. The van der Waals surface area contributed by atoms with Gasteiger partial charge in [0.25, 0.3) is 0 Å². The van der Waals surface area contributed by atoms with Crippen LogP contribution in [0.15, 0.2) is 24.3 Å². The van der Waals surface area contributed by atoms with E-state index in [4.69, 9.17) is 0 Å². The summed E-state index contributed by atoms with van der Waals surface area (Å²) in [5, 5.41) is 31.2. The Morgan fingerprint density at radius 1 is 0.806 bits per heavy atom. The molecule has 5 nitrogen and oxygen atoms in total. The van der Waals surface area contributed by atoms with Crippen molar-refractivity contribution in [1.82, 2.24) is 5.32 Å². The number of benzene rings is 1. The molecule has 0 atom stereocenters. The van der Waals surface area contributed by atoms with Crippen molar-refractivity contribution in [1.29, 1.82) is 0 Å². The van der Waals surface area contributed by atoms with Crippen LogP contribution in [0.3, 0.4) is 0 Å². The van der Waals surface area contributed by atoms with Crippen molar-refractivity contribution >= 4 is 5.91 Å². The zero-order valence-electron chi connectivity index (χ0n) is 19.4. The van der Waals surface area contributed by atoms with Gasteiger partial charge < -0.3 is 20.6 Å². The van der Waals surface area contributed by atoms with E-state index in [0.29, 0.717) is 24.9 Å². The van der Waals surface area contributed by atoms with Crippen LogP contribution in [-0.2, 0) is 11.2 Å². The van der Waals surface area contributed by atoms with Gasteiger partial charge >= 0.3 is 0 Å². The van der Waals surface area contributed by atoms with Crippen LogP contribution in [0.1, 0.15) is 102 Å². The van der Waals surface area contributed by atoms with Crippen molar-refractivity contribution in [2.24, 2.45) is 0 Å². The van der Waals surface area contributed by atoms with Crippen LogP contribution in [0.5, 0.6) is 17.2 Å². The topological polar surface area (TPSA) is 89.8 Å². The third kappa shape index (κ3) is 13.7. The summed E-state index contributed by atoms with van der Waals surface area (Å²) in [5.41, 5.74) is 0.661. The Morgan fingerprint density at radius 2 is 1.32 bits per heavy atom. The van der Waals surface area contributed by atoms with E-state index in [9.17, 15) is 20.1 Å². The zero-order chi connectivity index (χ0) is 22.7. The van der Waals surface area contributed by atoms with Gasteiger partial charge in [-0.2, -0.15) is 0 Å². The van der Waals surface area contributed by atoms with Gasteiger partial charge in [0.2, 0.25) is 5.91 Å². The number of unbranched alkanes of at least 4 members (excludes halogenated alkanes) is 11. The minimum atomic E-state index is -0.517. The van der Waals surface area contributed by atoms with E-state index >= 15 is 0 Å². The van der Waals surface area contributed by atoms with E-state index in [1.807, 2.05) is 0 Å². The van der Waals surface area contributed by atoms with Crippen molar-refractivity contribution in [3.05, 3.63) is 29.8 Å². The van der Waals surface area contributed by atoms with Gasteiger partial charge in [-0.1, -0.05) is 70.4 Å². The zero-order valence-corrected chi connectivity index (χ0v) is 19.4. The molecule has 0 fully saturated rings. The number of carbonyl (C=O) groups excluding carboxylic acids is 1. The number of phenols is 3. The number of allylic oxidation sites excluding steroid dienone is 2. The number of hydrogen-bond donors (Lipinski definition) is 4. The van der Waals surface area contributed by atoms with Crippen molar-refractivity contribution < 1.29 is 20.1 Å². The van der Waals surface area contributed by atoms with Gasteiger partial charge in [-0.3, -0.25) is 4.79 Å². The number of aromatic hydroxyl groups is 3. The number of amides is 1. The standard InChI is InChI=1S/C26H43NO4/c1-2-3-4-5-6-7-8-9-10-11-12-13-14-15-16-17-25(30)27-19-18-22-20-23(28)26(31)24(29)21-22/h9-10,20-21,28-29,31H,2-8,11-19H2,1H3,(H,27,30)/b10-9-. The average Bonchev–Trinajstić information content (AvgIpc) is 2.74. The molecular weight excluding hydrogens is 390 g/mol. The van der Waals surface area contributed by atoms with Gasteiger partial charge in [-0.05, 0) is 56.2 Å². The smallest absolute Gasteiger partial charge is 0.220 e. The lowest BCUT2D eigenvalue weighted by Gasteiger charge is -2.07. The molecular formula is C26H43NO4. The molecule has 0 heterocycles. The lowest BCUT2D eigenvalue weighted by molar-refractivity contribution is -0.121. The van der Waals surface area contributed by atoms with Crippen LogP contribution in [0.2, 0.25) is 0 Å². The Kier molecular flexibility index (Phi) is 15.2. The fourth-order valence-electron chi connectivity index (χ4n) is 3.60. The largest absolute Gasteiger partial charge is 0.504 e. The van der Waals surface area contributed by atoms with E-state index in [2.05, 4.69) is 24.4 Å². The molecule has 0 saturated carbocycles. The number of rotatable bonds is 18. The summed E-state index contributed by atoms with van der Waals surface area (Å²) in [7, 11) is 0. The molecule has 0 saturated heterocycles. The Hall–Kier alpha value is -2.17. The van der Waals surface area contributed by atoms with Crippen molar-refractivity contribution in [3.8, 4) is 17.2 Å². The van der Waals surface area contributed by atoms with Crippen molar-refractivity contribution in [3.63, 3.8) is 0 Å². The molecule has 1 aromatic rings. The number of nitrogens with one attached hydrogen (secondary N) is 1. The third-order valence-corrected chi connectivity index (χ3v) is 5.53. The Balaban J connectivity index is 1.92. The van der Waals surface area contributed by atoms with Gasteiger partial charge in [0.1, 0.15) is 0 Å². The molecule has 0 unspecified atom stereocenters. The van der Waals surface area contributed by atoms with Gasteiger partial charge in [0.05, 0.1) is 0 Å². The molecule has 0 bridgehead atoms. The molecule has 1 amide bonds. The SMILES string of the molecule is CCCCCCCC/C=C\CCCCCCCC(=O)NCCc1cc(O)c(O)c(O)c1. The highest BCUT2D eigenvalue weighted by Crippen LogP contribution is 2.35. The molecule has 1 aromatic carbocycles. The second-order valence-corrected chi connectivity index (χ2v) is 8.42. The van der Waals surface area contributed by atoms with Crippen LogP contribution < -0.4 is 5.32 Å². The first-order valence-electron chi connectivity index (χ1n) is 12.2. The molecule has 0 aliphatic rings. The number of phenolic OH excluding ortho intramolecular Hbond substituents is 3. The van der Waals surface area contributed by atoms with Crippen molar-refractivity contribution in [2.45, 2.75) is 103 Å². The first-order chi connectivity index (χ1) is 15.0. The summed E-state index contributed by atoms with van der Waals surface area (Å²) in [6, 6.07) is 2.79. The van der Waals surface area contributed by atoms with E-state index in [1.54, 1.807) is 0 Å². The Bertz CT molecular complexity index is 619. The van der Waals surface area contributed by atoms with E-state index in [0.717, 1.165) is 12.8 Å². The quantitative estimate of drug-likeness (QED) is 0.121. The van der Waals surface area contributed by atoms with E-state index in [1.165, 1.54) is 82.8 Å². The lowest BCUT2D eigenvalue weighted by atomic mass is 10.1. The lowest BCUT2D eigenvalue weighted by Crippen LogP contribution is -2.25. The maximum absolute atomic E-state index is 11.9. The maximum Gasteiger partial charge on any atom is 0.220 e. The van der Waals surface area contributed by atoms with Gasteiger partial charge in [-0.15, -0.1) is 0 Å². The molecule has 0 radical (unpaired) electrons. The summed E-state index contributed by atoms with van der Waals surface area (Å²) >= 11 is 0. The summed E-state index contributed by atoms with van der Waals surface area (Å²) in [6.45, 7) is 2.69. The summed E-state index contributed by atoms with van der Waals surface area (Å²) < 4.78 is 0. The van der Waals surface area contributed by atoms with E-state index < -0.39 is 5.75 Å². The summed E-state index contributed by atoms with van der Waals surface area (Å²) in [5.74, 6) is -1.19.